The second-order valence-corrected chi connectivity index (χ2v) is 20.5. The Morgan fingerprint density at radius 3 is 1.83 bits per heavy atom. The number of thioether (sulfide) groups is 1. The van der Waals surface area contributed by atoms with E-state index in [0.717, 1.165) is 136 Å². The summed E-state index contributed by atoms with van der Waals surface area (Å²) in [6.07, 6.45) is 28.6. The fourth-order valence-corrected chi connectivity index (χ4v) is 10.7. The molecule has 2 bridgehead atoms. The normalized spacial score (nSPS) is 18.3. The molecule has 9 N–H and O–H groups in total. The number of nitrogens with one attached hydrogen (secondary N) is 9. The molecule has 7 aromatic rings. The van der Waals surface area contributed by atoms with Gasteiger partial charge in [-0.3, -0.25) is 4.98 Å². The van der Waals surface area contributed by atoms with E-state index in [1.165, 1.54) is 97.2 Å². The van der Waals surface area contributed by atoms with Gasteiger partial charge in [-0.15, -0.1) is 16.9 Å². The minimum atomic E-state index is 0.735. The van der Waals surface area contributed by atoms with Gasteiger partial charge in [0.05, 0.1) is 18.4 Å². The summed E-state index contributed by atoms with van der Waals surface area (Å²) in [7, 11) is 0. The lowest BCUT2D eigenvalue weighted by atomic mass is 10.1. The molecule has 16 rings (SSSR count). The number of aromatic nitrogens is 8. The van der Waals surface area contributed by atoms with Crippen LogP contribution in [0.2, 0.25) is 0 Å². The van der Waals surface area contributed by atoms with Crippen molar-refractivity contribution in [1.29, 1.82) is 0 Å². The molecule has 2 fully saturated rings. The van der Waals surface area contributed by atoms with Gasteiger partial charge in [0, 0.05) is 112 Å². The molecule has 0 radical (unpaired) electrons. The highest BCUT2D eigenvalue weighted by Crippen LogP contribution is 2.30. The Labute approximate surface area is 457 Å². The Kier molecular flexibility index (Phi) is 21.4. The van der Waals surface area contributed by atoms with Crippen LogP contribution in [0.3, 0.4) is 0 Å². The van der Waals surface area contributed by atoms with Gasteiger partial charge in [0.1, 0.15) is 29.9 Å². The van der Waals surface area contributed by atoms with E-state index >= 15 is 0 Å². The molecule has 1 aliphatic carbocycles. The number of pyridine rings is 6. The summed E-state index contributed by atoms with van der Waals surface area (Å²) in [5.41, 5.74) is 7.73. The van der Waals surface area contributed by atoms with Gasteiger partial charge < -0.3 is 52.6 Å². The summed E-state index contributed by atoms with van der Waals surface area (Å²) in [6.45, 7) is 10.1. The summed E-state index contributed by atoms with van der Waals surface area (Å²) in [5, 5.41) is 37.0. The minimum Gasteiger partial charge on any atom is -0.488 e. The van der Waals surface area contributed by atoms with Crippen LogP contribution in [-0.2, 0) is 25.7 Å². The van der Waals surface area contributed by atoms with Crippen molar-refractivity contribution in [2.75, 3.05) is 114 Å². The van der Waals surface area contributed by atoms with Crippen LogP contribution in [0.1, 0.15) is 67.2 Å². The van der Waals surface area contributed by atoms with Gasteiger partial charge in [0.25, 0.3) is 0 Å². The van der Waals surface area contributed by atoms with Crippen molar-refractivity contribution in [3.63, 3.8) is 0 Å². The second-order valence-electron chi connectivity index (χ2n) is 19.4. The molecule has 15 heterocycles. The summed E-state index contributed by atoms with van der Waals surface area (Å²) >= 11 is 1.86. The molecule has 9 aliphatic rings. The third-order valence-electron chi connectivity index (χ3n) is 13.8. The van der Waals surface area contributed by atoms with Crippen LogP contribution >= 0.6 is 11.8 Å². The van der Waals surface area contributed by atoms with Gasteiger partial charge in [0.15, 0.2) is 17.4 Å². The quantitative estimate of drug-likeness (QED) is 0.0691. The topological polar surface area (TPSA) is 221 Å². The van der Waals surface area contributed by atoms with E-state index in [-0.39, 0.29) is 0 Å². The Morgan fingerprint density at radius 1 is 0.455 bits per heavy atom. The summed E-state index contributed by atoms with van der Waals surface area (Å²) < 4.78 is 5.30. The van der Waals surface area contributed by atoms with Crippen molar-refractivity contribution < 1.29 is 4.74 Å². The molecule has 0 amide bonds. The molecule has 8 aliphatic heterocycles. The minimum absolute atomic E-state index is 0.735. The lowest BCUT2D eigenvalue weighted by Crippen LogP contribution is -2.23. The fourth-order valence-electron chi connectivity index (χ4n) is 9.84. The van der Waals surface area contributed by atoms with E-state index < -0.39 is 0 Å². The molecule has 1 saturated heterocycles. The second kappa shape index (κ2) is 30.3. The molecule has 2 unspecified atom stereocenters. The van der Waals surface area contributed by atoms with Crippen molar-refractivity contribution in [3.8, 4) is 5.75 Å². The van der Waals surface area contributed by atoms with Crippen molar-refractivity contribution in [2.24, 2.45) is 5.92 Å². The molecular weight excluding hydrogens is 983 g/mol. The van der Waals surface area contributed by atoms with E-state index in [2.05, 4.69) is 106 Å². The molecular formula is C58H75N17OS. The van der Waals surface area contributed by atoms with Crippen LogP contribution in [0.15, 0.2) is 127 Å². The molecule has 1 saturated carbocycles. The number of hydrogen-bond acceptors (Lipinski definition) is 19. The van der Waals surface area contributed by atoms with Crippen LogP contribution in [0.25, 0.3) is 0 Å². The van der Waals surface area contributed by atoms with Crippen LogP contribution < -0.4 is 52.6 Å². The summed E-state index contributed by atoms with van der Waals surface area (Å²) in [5.74, 6) is 9.05. The first kappa shape index (κ1) is 54.3. The van der Waals surface area contributed by atoms with Crippen molar-refractivity contribution in [1.82, 2.24) is 45.4 Å². The first-order chi connectivity index (χ1) is 38.2. The highest BCUT2D eigenvalue weighted by atomic mass is 32.2. The van der Waals surface area contributed by atoms with E-state index in [1.807, 2.05) is 97.3 Å². The van der Waals surface area contributed by atoms with Crippen LogP contribution in [0, 0.1) is 5.92 Å². The van der Waals surface area contributed by atoms with E-state index in [4.69, 9.17) is 4.74 Å². The van der Waals surface area contributed by atoms with E-state index in [9.17, 15) is 0 Å². The standard InChI is InChI=1S/C9H12N2.C8H10N2.2C7H9N3.C7H8N2O.C7H8N2S.C7H8N2.C6H11N/c1-2-6-10-9-8(4-1)5-3-7-11-9;1-2-7-6-9-5-3-8(7)10-4-1;1-2-6-3-5-9-10-7(6)8-4-1;1-2-6-7(9-3-1)10-5-4-8-6;2*1-2-6-7(8-3-1)9-4-5-10-6;1-2-6-3-5-9-7(6)8-4-1;1-2-6-3-5(1)4-7-6/h3,5,7H,1-2,4,6H2,(H,10,11);3,5-6,10H,1-2,4H2;3,5H,1-2,4H2,(H,8,10);1-3,8H,4-5H2,(H,9,10);2*1-3H,4-5H2,(H,8,9);1-2,4H,3,5H2,(H,8,9);5-7H,1-4H2. The number of fused-ring (bicyclic) bond motifs is 9. The van der Waals surface area contributed by atoms with Crippen molar-refractivity contribution in [3.05, 3.63) is 145 Å². The fraction of sp³-hybridized carbons (Fsp3) is 0.414. The largest absolute Gasteiger partial charge is 0.488 e. The zero-order chi connectivity index (χ0) is 52.4. The Bertz CT molecular complexity index is 2370. The number of piperidine rings is 1. The van der Waals surface area contributed by atoms with Crippen LogP contribution in [0.5, 0.6) is 5.75 Å². The number of anilines is 8. The highest BCUT2D eigenvalue weighted by molar-refractivity contribution is 7.99. The van der Waals surface area contributed by atoms with E-state index in [0.29, 0.717) is 0 Å². The maximum atomic E-state index is 5.30. The van der Waals surface area contributed by atoms with Gasteiger partial charge in [-0.1, -0.05) is 12.1 Å². The molecule has 19 heteroatoms. The predicted octanol–water partition coefficient (Wildman–Crippen LogP) is 9.32. The van der Waals surface area contributed by atoms with Crippen molar-refractivity contribution in [2.45, 2.75) is 81.6 Å². The predicted molar refractivity (Wildman–Crippen MR) is 314 cm³/mol. The SMILES string of the molecule is C1CC2CC1CN2.c1cc2c(cn1)CCCN2.c1cc2c(nn1)NCCC2.c1cnc2c(c1)CCCCN2.c1cnc2c(c1)CCN2.c1cnc2c(c1)NCCN2.c1cnc2c(c1)OCCN2.c1cnc2c(c1)SCCN2. The number of ether oxygens (including phenoxy) is 1. The molecule has 7 aromatic heterocycles. The number of nitrogens with zero attached hydrogens (tertiary/aromatic N) is 8. The zero-order valence-corrected chi connectivity index (χ0v) is 45.0. The van der Waals surface area contributed by atoms with Gasteiger partial charge in [-0.25, -0.2) is 24.9 Å². The number of aryl methyl sites for hydroxylation is 3. The average Bonchev–Trinajstić information content (AvgIpc) is 4.28. The maximum Gasteiger partial charge on any atom is 0.168 e. The summed E-state index contributed by atoms with van der Waals surface area (Å²) in [6, 6.07) is 25.0. The summed E-state index contributed by atoms with van der Waals surface area (Å²) in [4.78, 5) is 26.2. The maximum absolute atomic E-state index is 5.30. The molecule has 0 spiro atoms. The average molecular weight is 1060 g/mol. The molecule has 77 heavy (non-hydrogen) atoms. The Balaban J connectivity index is 0.000000107. The van der Waals surface area contributed by atoms with Gasteiger partial charge >= 0.3 is 0 Å². The van der Waals surface area contributed by atoms with E-state index in [1.54, 1.807) is 18.6 Å². The number of rotatable bonds is 0. The molecule has 2 atom stereocenters. The van der Waals surface area contributed by atoms with Crippen molar-refractivity contribution >= 4 is 58.0 Å². The van der Waals surface area contributed by atoms with Gasteiger partial charge in [-0.2, -0.15) is 5.10 Å². The lowest BCUT2D eigenvalue weighted by Gasteiger charge is -2.17. The van der Waals surface area contributed by atoms with Crippen LogP contribution in [0.4, 0.5) is 46.3 Å². The number of hydrogen-bond donors (Lipinski definition) is 9. The third kappa shape index (κ3) is 17.2. The first-order valence-electron chi connectivity index (χ1n) is 27.6. The van der Waals surface area contributed by atoms with Crippen LogP contribution in [-0.4, -0.2) is 117 Å². The third-order valence-corrected chi connectivity index (χ3v) is 14.9. The zero-order valence-electron chi connectivity index (χ0n) is 44.2. The van der Waals surface area contributed by atoms with Gasteiger partial charge in [-0.05, 0) is 166 Å². The Morgan fingerprint density at radius 2 is 1.09 bits per heavy atom. The lowest BCUT2D eigenvalue weighted by molar-refractivity contribution is 0.321. The first-order valence-corrected chi connectivity index (χ1v) is 28.6. The smallest absolute Gasteiger partial charge is 0.168 e. The molecule has 0 aromatic carbocycles. The Hall–Kier alpha value is -7.51. The highest BCUT2D eigenvalue weighted by Gasteiger charge is 2.30. The molecule has 404 valence electrons. The monoisotopic (exact) mass is 1060 g/mol. The van der Waals surface area contributed by atoms with Gasteiger partial charge in [0.2, 0.25) is 0 Å². The molecule has 18 nitrogen and oxygen atoms in total.